The highest BCUT2D eigenvalue weighted by Gasteiger charge is 2.27. The van der Waals surface area contributed by atoms with Crippen molar-refractivity contribution >= 4 is 46.7 Å². The smallest absolute Gasteiger partial charge is 0.307 e. The molecule has 0 aliphatic heterocycles. The highest BCUT2D eigenvalue weighted by atomic mass is 35.5. The largest absolute Gasteiger partial charge is 0.469 e. The number of nitrogens with one attached hydrogen (secondary N) is 2. The van der Waals surface area contributed by atoms with Gasteiger partial charge in [0.25, 0.3) is 18.0 Å². The van der Waals surface area contributed by atoms with Crippen molar-refractivity contribution in [2.24, 2.45) is 0 Å². The van der Waals surface area contributed by atoms with E-state index in [1.807, 2.05) is 0 Å². The van der Waals surface area contributed by atoms with E-state index in [2.05, 4.69) is 15.4 Å². The van der Waals surface area contributed by atoms with Gasteiger partial charge in [0, 0.05) is 21.8 Å². The second kappa shape index (κ2) is 8.69. The number of carbonyl (C=O) groups excluding carboxylic acids is 3. The molecule has 2 N–H and O–H groups in total. The summed E-state index contributed by atoms with van der Waals surface area (Å²) in [5.41, 5.74) is 0.158. The third-order valence-corrected chi connectivity index (χ3v) is 3.12. The van der Waals surface area contributed by atoms with Crippen LogP contribution in [0.5, 0.6) is 0 Å². The number of amides is 2. The molecule has 0 saturated heterocycles. The fourth-order valence-electron chi connectivity index (χ4n) is 1.65. The van der Waals surface area contributed by atoms with Gasteiger partial charge in [-0.15, -0.1) is 0 Å². The van der Waals surface area contributed by atoms with Crippen molar-refractivity contribution in [1.29, 1.82) is 0 Å². The second-order valence-corrected chi connectivity index (χ2v) is 5.57. The van der Waals surface area contributed by atoms with Crippen LogP contribution in [0.4, 0.5) is 10.1 Å². The minimum Gasteiger partial charge on any atom is -0.469 e. The Morgan fingerprint density at radius 3 is 2.26 bits per heavy atom. The van der Waals surface area contributed by atoms with E-state index in [0.29, 0.717) is 0 Å². The Hall–Kier alpha value is -1.86. The van der Waals surface area contributed by atoms with E-state index in [1.165, 1.54) is 32.2 Å². The van der Waals surface area contributed by atoms with Crippen LogP contribution in [-0.4, -0.2) is 37.1 Å². The summed E-state index contributed by atoms with van der Waals surface area (Å²) >= 11 is 11.5. The molecule has 0 aromatic heterocycles. The molecule has 126 valence electrons. The molecule has 0 saturated carbocycles. The van der Waals surface area contributed by atoms with E-state index < -0.39 is 30.0 Å². The van der Waals surface area contributed by atoms with Crippen LogP contribution >= 0.6 is 23.2 Å². The van der Waals surface area contributed by atoms with Crippen LogP contribution in [0, 0.1) is 0 Å². The molecule has 0 aliphatic rings. The van der Waals surface area contributed by atoms with E-state index in [4.69, 9.17) is 23.2 Å². The molecule has 1 rings (SSSR count). The Labute approximate surface area is 142 Å². The van der Waals surface area contributed by atoms with Crippen LogP contribution in [0.1, 0.15) is 13.3 Å². The summed E-state index contributed by atoms with van der Waals surface area (Å²) in [7, 11) is 1.19. The summed E-state index contributed by atoms with van der Waals surface area (Å²) in [4.78, 5) is 34.4. The number of rotatable bonds is 6. The molecule has 0 aliphatic carbocycles. The number of halogens is 3. The van der Waals surface area contributed by atoms with Crippen LogP contribution in [-0.2, 0) is 19.1 Å². The maximum atomic E-state index is 13.9. The van der Waals surface area contributed by atoms with Gasteiger partial charge in [-0.25, -0.2) is 4.39 Å². The van der Waals surface area contributed by atoms with Gasteiger partial charge >= 0.3 is 5.97 Å². The van der Waals surface area contributed by atoms with Crippen LogP contribution in [0.3, 0.4) is 0 Å². The molecule has 23 heavy (non-hydrogen) atoms. The Balaban J connectivity index is 2.61. The molecule has 1 aromatic carbocycles. The van der Waals surface area contributed by atoms with Crippen molar-refractivity contribution in [1.82, 2.24) is 5.32 Å². The van der Waals surface area contributed by atoms with Crippen LogP contribution in [0.15, 0.2) is 18.2 Å². The first-order chi connectivity index (χ1) is 10.7. The van der Waals surface area contributed by atoms with Crippen LogP contribution in [0.2, 0.25) is 10.0 Å². The summed E-state index contributed by atoms with van der Waals surface area (Å²) in [6.45, 7) is 1.48. The van der Waals surface area contributed by atoms with E-state index in [-0.39, 0.29) is 22.2 Å². The molecule has 2 amide bonds. The highest BCUT2D eigenvalue weighted by molar-refractivity contribution is 6.35. The van der Waals surface area contributed by atoms with Gasteiger partial charge in [0.2, 0.25) is 0 Å². The molecule has 9 heteroatoms. The molecule has 1 aromatic rings. The first-order valence-corrected chi connectivity index (χ1v) is 7.26. The lowest BCUT2D eigenvalue weighted by Crippen LogP contribution is -2.44. The van der Waals surface area contributed by atoms with E-state index >= 15 is 0 Å². The van der Waals surface area contributed by atoms with Gasteiger partial charge in [0.1, 0.15) is 0 Å². The number of hydrogen-bond donors (Lipinski definition) is 2. The average molecular weight is 365 g/mol. The quantitative estimate of drug-likeness (QED) is 0.599. The van der Waals surface area contributed by atoms with Gasteiger partial charge in [-0.2, -0.15) is 0 Å². The van der Waals surface area contributed by atoms with E-state index in [1.54, 1.807) is 0 Å². The molecule has 0 radical (unpaired) electrons. The summed E-state index contributed by atoms with van der Waals surface area (Å²) in [6.07, 6.45) is -2.59. The number of esters is 1. The predicted octanol–water partition coefficient (Wildman–Crippen LogP) is 2.34. The van der Waals surface area contributed by atoms with Gasteiger partial charge in [-0.3, -0.25) is 14.4 Å². The topological polar surface area (TPSA) is 84.5 Å². The lowest BCUT2D eigenvalue weighted by molar-refractivity contribution is -0.141. The molecule has 0 heterocycles. The molecular weight excluding hydrogens is 350 g/mol. The molecule has 0 bridgehead atoms. The SMILES string of the molecule is COC(=O)C[C@H](C)NC(=O)C(F)C(=O)Nc1cc(Cl)cc(Cl)c1. The van der Waals surface area contributed by atoms with Crippen molar-refractivity contribution in [3.8, 4) is 0 Å². The zero-order chi connectivity index (χ0) is 17.6. The third kappa shape index (κ3) is 6.42. The monoisotopic (exact) mass is 364 g/mol. The zero-order valence-electron chi connectivity index (χ0n) is 12.4. The normalized spacial score (nSPS) is 12.9. The van der Waals surface area contributed by atoms with Gasteiger partial charge < -0.3 is 15.4 Å². The zero-order valence-corrected chi connectivity index (χ0v) is 13.9. The molecule has 2 atom stereocenters. The summed E-state index contributed by atoms with van der Waals surface area (Å²) in [5, 5.41) is 4.90. The fraction of sp³-hybridized carbons (Fsp3) is 0.357. The number of anilines is 1. The van der Waals surface area contributed by atoms with E-state index in [0.717, 1.165) is 0 Å². The van der Waals surface area contributed by atoms with Gasteiger partial charge in [0.15, 0.2) is 0 Å². The number of ether oxygens (including phenoxy) is 1. The maximum absolute atomic E-state index is 13.9. The molecule has 0 fully saturated rings. The first-order valence-electron chi connectivity index (χ1n) is 6.51. The number of carbonyl (C=O) groups is 3. The minimum atomic E-state index is -2.45. The van der Waals surface area contributed by atoms with Gasteiger partial charge in [0.05, 0.1) is 13.5 Å². The average Bonchev–Trinajstić information content (AvgIpc) is 2.44. The molecular formula is C14H15Cl2FN2O4. The number of methoxy groups -OCH3 is 1. The van der Waals surface area contributed by atoms with E-state index in [9.17, 15) is 18.8 Å². The Kier molecular flexibility index (Phi) is 7.25. The third-order valence-electron chi connectivity index (χ3n) is 2.68. The Morgan fingerprint density at radius 1 is 1.17 bits per heavy atom. The summed E-state index contributed by atoms with van der Waals surface area (Å²) in [6, 6.07) is 3.47. The lowest BCUT2D eigenvalue weighted by Gasteiger charge is -2.15. The molecule has 0 spiro atoms. The lowest BCUT2D eigenvalue weighted by atomic mass is 10.2. The number of benzene rings is 1. The Bertz CT molecular complexity index is 592. The van der Waals surface area contributed by atoms with Crippen molar-refractivity contribution in [2.45, 2.75) is 25.6 Å². The number of alkyl halides is 1. The van der Waals surface area contributed by atoms with Gasteiger partial charge in [-0.05, 0) is 25.1 Å². The first kappa shape index (κ1) is 19.2. The summed E-state index contributed by atoms with van der Waals surface area (Å²) < 4.78 is 18.3. The fourth-order valence-corrected chi connectivity index (χ4v) is 2.18. The maximum Gasteiger partial charge on any atom is 0.307 e. The highest BCUT2D eigenvalue weighted by Crippen LogP contribution is 2.22. The van der Waals surface area contributed by atoms with Crippen molar-refractivity contribution in [3.05, 3.63) is 28.2 Å². The van der Waals surface area contributed by atoms with Crippen molar-refractivity contribution in [3.63, 3.8) is 0 Å². The Morgan fingerprint density at radius 2 is 1.74 bits per heavy atom. The van der Waals surface area contributed by atoms with Crippen LogP contribution in [0.25, 0.3) is 0 Å². The van der Waals surface area contributed by atoms with Crippen molar-refractivity contribution < 1.29 is 23.5 Å². The summed E-state index contributed by atoms with van der Waals surface area (Å²) in [5.74, 6) is -2.90. The molecule has 6 nitrogen and oxygen atoms in total. The number of hydrogen-bond acceptors (Lipinski definition) is 4. The van der Waals surface area contributed by atoms with Crippen molar-refractivity contribution in [2.75, 3.05) is 12.4 Å². The van der Waals surface area contributed by atoms with Crippen LogP contribution < -0.4 is 10.6 Å². The predicted molar refractivity (Wildman–Crippen MR) is 84.2 cm³/mol. The second-order valence-electron chi connectivity index (χ2n) is 4.70. The standard InChI is InChI=1S/C14H15Cl2FN2O4/c1-7(3-11(20)23-2)18-13(21)12(17)14(22)19-10-5-8(15)4-9(16)6-10/h4-7,12H,3H2,1-2H3,(H,18,21)(H,19,22)/t7-,12?/m0/s1. The minimum absolute atomic E-state index is 0.138. The molecule has 1 unspecified atom stereocenters. The van der Waals surface area contributed by atoms with Gasteiger partial charge in [-0.1, -0.05) is 23.2 Å².